The van der Waals surface area contributed by atoms with Crippen LogP contribution in [0.1, 0.15) is 16.7 Å². The van der Waals surface area contributed by atoms with Gasteiger partial charge in [-0.15, -0.1) is 0 Å². The van der Waals surface area contributed by atoms with E-state index in [0.717, 1.165) is 16.9 Å². The number of hydrogen-bond donors (Lipinski definition) is 0. The van der Waals surface area contributed by atoms with Gasteiger partial charge in [-0.05, 0) is 41.0 Å². The number of rotatable bonds is 5. The first kappa shape index (κ1) is 14.1. The van der Waals surface area contributed by atoms with Gasteiger partial charge in [-0.3, -0.25) is 4.98 Å². The average Bonchev–Trinajstić information content (AvgIpc) is 2.60. The Bertz CT molecular complexity index is 736. The van der Waals surface area contributed by atoms with Crippen molar-refractivity contribution in [3.05, 3.63) is 95.8 Å². The fourth-order valence-electron chi connectivity index (χ4n) is 2.12. The van der Waals surface area contributed by atoms with E-state index in [1.54, 1.807) is 12.4 Å². The minimum absolute atomic E-state index is 0.582. The topological polar surface area (TPSA) is 22.1 Å². The normalized spacial score (nSPS) is 10.7. The summed E-state index contributed by atoms with van der Waals surface area (Å²) in [5, 5.41) is 0. The molecular weight excluding hydrogens is 270 g/mol. The fraction of sp³-hybridized carbons (Fsp3) is 0.0500. The van der Waals surface area contributed by atoms with Crippen LogP contribution in [0.25, 0.3) is 12.2 Å². The monoisotopic (exact) mass is 287 g/mol. The molecule has 2 heteroatoms. The molecule has 3 aromatic rings. The van der Waals surface area contributed by atoms with E-state index in [-0.39, 0.29) is 0 Å². The van der Waals surface area contributed by atoms with Crippen molar-refractivity contribution in [3.63, 3.8) is 0 Å². The molecular formula is C20H17NO. The fourth-order valence-corrected chi connectivity index (χ4v) is 2.12. The van der Waals surface area contributed by atoms with Crippen molar-refractivity contribution < 1.29 is 4.74 Å². The molecule has 0 aliphatic carbocycles. The van der Waals surface area contributed by atoms with Crippen LogP contribution in [0.15, 0.2) is 79.1 Å². The predicted molar refractivity (Wildman–Crippen MR) is 90.4 cm³/mol. The van der Waals surface area contributed by atoms with E-state index in [9.17, 15) is 0 Å². The van der Waals surface area contributed by atoms with E-state index < -0.39 is 0 Å². The third-order valence-corrected chi connectivity index (χ3v) is 3.28. The molecule has 0 aliphatic heterocycles. The lowest BCUT2D eigenvalue weighted by Gasteiger charge is -2.06. The summed E-state index contributed by atoms with van der Waals surface area (Å²) in [6, 6.07) is 22.2. The number of aromatic nitrogens is 1. The molecule has 22 heavy (non-hydrogen) atoms. The SMILES string of the molecule is C(=C\c1cccc(OCc2ccccc2)c1)/c1ccncc1. The highest BCUT2D eigenvalue weighted by Crippen LogP contribution is 2.17. The number of hydrogen-bond acceptors (Lipinski definition) is 2. The Balaban J connectivity index is 1.66. The molecule has 0 atom stereocenters. The number of nitrogens with zero attached hydrogens (tertiary/aromatic N) is 1. The zero-order valence-corrected chi connectivity index (χ0v) is 12.2. The van der Waals surface area contributed by atoms with Gasteiger partial charge in [0.05, 0.1) is 0 Å². The van der Waals surface area contributed by atoms with Crippen LogP contribution in [-0.4, -0.2) is 4.98 Å². The molecule has 0 fully saturated rings. The molecule has 0 bridgehead atoms. The minimum Gasteiger partial charge on any atom is -0.489 e. The summed E-state index contributed by atoms with van der Waals surface area (Å²) >= 11 is 0. The maximum atomic E-state index is 5.84. The number of pyridine rings is 1. The molecule has 1 aromatic heterocycles. The molecule has 0 spiro atoms. The quantitative estimate of drug-likeness (QED) is 0.670. The van der Waals surface area contributed by atoms with Crippen LogP contribution in [-0.2, 0) is 6.61 Å². The summed E-state index contributed by atoms with van der Waals surface area (Å²) in [4.78, 5) is 4.01. The third kappa shape index (κ3) is 4.06. The summed E-state index contributed by atoms with van der Waals surface area (Å²) in [6.07, 6.45) is 7.72. The number of ether oxygens (including phenoxy) is 1. The lowest BCUT2D eigenvalue weighted by molar-refractivity contribution is 0.306. The standard InChI is InChI=1S/C20H17NO/c1-2-5-19(6-3-1)16-22-20-8-4-7-18(15-20)10-9-17-11-13-21-14-12-17/h1-15H,16H2/b10-9+. The maximum absolute atomic E-state index is 5.84. The highest BCUT2D eigenvalue weighted by Gasteiger charge is 1.96. The van der Waals surface area contributed by atoms with Crippen LogP contribution in [0.2, 0.25) is 0 Å². The molecule has 0 saturated heterocycles. The molecule has 0 radical (unpaired) electrons. The molecule has 0 unspecified atom stereocenters. The third-order valence-electron chi connectivity index (χ3n) is 3.28. The molecule has 2 nitrogen and oxygen atoms in total. The van der Waals surface area contributed by atoms with Gasteiger partial charge in [0.25, 0.3) is 0 Å². The highest BCUT2D eigenvalue weighted by atomic mass is 16.5. The molecule has 108 valence electrons. The molecule has 3 rings (SSSR count). The molecule has 0 amide bonds. The summed E-state index contributed by atoms with van der Waals surface area (Å²) in [6.45, 7) is 0.582. The molecule has 0 N–H and O–H groups in total. The van der Waals surface area contributed by atoms with Gasteiger partial charge in [0, 0.05) is 12.4 Å². The second-order valence-corrected chi connectivity index (χ2v) is 4.96. The van der Waals surface area contributed by atoms with Crippen LogP contribution < -0.4 is 4.74 Å². The lowest BCUT2D eigenvalue weighted by Crippen LogP contribution is -1.94. The highest BCUT2D eigenvalue weighted by molar-refractivity contribution is 5.69. The van der Waals surface area contributed by atoms with Gasteiger partial charge in [-0.1, -0.05) is 54.6 Å². The first-order valence-corrected chi connectivity index (χ1v) is 7.25. The van der Waals surface area contributed by atoms with Crippen LogP contribution in [0.3, 0.4) is 0 Å². The Hall–Kier alpha value is -2.87. The number of benzene rings is 2. The second kappa shape index (κ2) is 7.23. The Kier molecular flexibility index (Phi) is 4.63. The predicted octanol–water partition coefficient (Wildman–Crippen LogP) is 4.83. The minimum atomic E-state index is 0.582. The first-order valence-electron chi connectivity index (χ1n) is 7.25. The van der Waals surface area contributed by atoms with Gasteiger partial charge in [0.15, 0.2) is 0 Å². The van der Waals surface area contributed by atoms with Gasteiger partial charge < -0.3 is 4.74 Å². The molecule has 0 saturated carbocycles. The van der Waals surface area contributed by atoms with E-state index in [4.69, 9.17) is 4.74 Å². The van der Waals surface area contributed by atoms with Crippen molar-refractivity contribution in [1.29, 1.82) is 0 Å². The Morgan fingerprint density at radius 3 is 2.36 bits per heavy atom. The Labute approximate surface area is 130 Å². The zero-order valence-electron chi connectivity index (χ0n) is 12.2. The van der Waals surface area contributed by atoms with E-state index >= 15 is 0 Å². The van der Waals surface area contributed by atoms with Gasteiger partial charge in [-0.25, -0.2) is 0 Å². The largest absolute Gasteiger partial charge is 0.489 e. The van der Waals surface area contributed by atoms with Gasteiger partial charge in [0.1, 0.15) is 12.4 Å². The molecule has 1 heterocycles. The summed E-state index contributed by atoms with van der Waals surface area (Å²) in [5.41, 5.74) is 3.41. The maximum Gasteiger partial charge on any atom is 0.120 e. The van der Waals surface area contributed by atoms with Gasteiger partial charge in [-0.2, -0.15) is 0 Å². The van der Waals surface area contributed by atoms with Crippen LogP contribution >= 0.6 is 0 Å². The average molecular weight is 287 g/mol. The van der Waals surface area contributed by atoms with E-state index in [0.29, 0.717) is 6.61 Å². The van der Waals surface area contributed by atoms with Crippen molar-refractivity contribution in [2.75, 3.05) is 0 Å². The van der Waals surface area contributed by atoms with Gasteiger partial charge >= 0.3 is 0 Å². The van der Waals surface area contributed by atoms with E-state index in [2.05, 4.69) is 35.3 Å². The van der Waals surface area contributed by atoms with E-state index in [1.165, 1.54) is 5.56 Å². The van der Waals surface area contributed by atoms with Crippen molar-refractivity contribution in [1.82, 2.24) is 4.98 Å². The van der Waals surface area contributed by atoms with Crippen molar-refractivity contribution >= 4 is 12.2 Å². The second-order valence-electron chi connectivity index (χ2n) is 4.96. The lowest BCUT2D eigenvalue weighted by atomic mass is 10.1. The summed E-state index contributed by atoms with van der Waals surface area (Å²) in [5.74, 6) is 0.876. The van der Waals surface area contributed by atoms with Crippen molar-refractivity contribution in [2.24, 2.45) is 0 Å². The van der Waals surface area contributed by atoms with Crippen molar-refractivity contribution in [2.45, 2.75) is 6.61 Å². The smallest absolute Gasteiger partial charge is 0.120 e. The van der Waals surface area contributed by atoms with Gasteiger partial charge in [0.2, 0.25) is 0 Å². The van der Waals surface area contributed by atoms with Crippen molar-refractivity contribution in [3.8, 4) is 5.75 Å². The summed E-state index contributed by atoms with van der Waals surface area (Å²) in [7, 11) is 0. The van der Waals surface area contributed by atoms with Crippen LogP contribution in [0.5, 0.6) is 5.75 Å². The zero-order chi connectivity index (χ0) is 15.0. The van der Waals surface area contributed by atoms with Crippen LogP contribution in [0.4, 0.5) is 0 Å². The van der Waals surface area contributed by atoms with E-state index in [1.807, 2.05) is 48.5 Å². The van der Waals surface area contributed by atoms with Crippen LogP contribution in [0, 0.1) is 0 Å². The first-order chi connectivity index (χ1) is 10.9. The summed E-state index contributed by atoms with van der Waals surface area (Å²) < 4.78 is 5.84. The molecule has 2 aromatic carbocycles. The Morgan fingerprint density at radius 1 is 0.773 bits per heavy atom. The Morgan fingerprint density at radius 2 is 1.55 bits per heavy atom. The molecule has 0 aliphatic rings.